The second-order valence-corrected chi connectivity index (χ2v) is 6.10. The van der Waals surface area contributed by atoms with E-state index in [2.05, 4.69) is 0 Å². The molecule has 2 N–H and O–H groups in total. The van der Waals surface area contributed by atoms with Crippen molar-refractivity contribution in [1.29, 1.82) is 0 Å². The highest BCUT2D eigenvalue weighted by Crippen LogP contribution is 2.39. The second-order valence-electron chi connectivity index (χ2n) is 6.10. The molecule has 112 valence electrons. The van der Waals surface area contributed by atoms with Crippen molar-refractivity contribution in [1.82, 2.24) is 0 Å². The lowest BCUT2D eigenvalue weighted by atomic mass is 9.81. The quantitative estimate of drug-likeness (QED) is 0.714. The molecule has 21 heavy (non-hydrogen) atoms. The Morgan fingerprint density at radius 1 is 0.857 bits per heavy atom. The molecule has 0 fully saturated rings. The molecule has 0 saturated heterocycles. The molecular formula is C17H18F3N. The van der Waals surface area contributed by atoms with Crippen LogP contribution in [-0.2, 0) is 11.6 Å². The number of nitrogens with two attached hydrogens (primary N) is 1. The van der Waals surface area contributed by atoms with Gasteiger partial charge in [-0.15, -0.1) is 0 Å². The molecule has 0 aromatic heterocycles. The molecule has 1 nitrogen and oxygen atoms in total. The largest absolute Gasteiger partial charge is 0.416 e. The lowest BCUT2D eigenvalue weighted by molar-refractivity contribution is -0.137. The molecule has 0 atom stereocenters. The molecule has 0 aliphatic rings. The zero-order valence-corrected chi connectivity index (χ0v) is 12.3. The third-order valence-corrected chi connectivity index (χ3v) is 3.41. The van der Waals surface area contributed by atoms with Crippen LogP contribution in [0.25, 0.3) is 11.1 Å². The maximum Gasteiger partial charge on any atom is 0.416 e. The number of anilines is 1. The summed E-state index contributed by atoms with van der Waals surface area (Å²) in [7, 11) is 0. The minimum Gasteiger partial charge on any atom is -0.398 e. The Hall–Kier alpha value is -1.97. The number of hydrogen-bond acceptors (Lipinski definition) is 1. The molecule has 0 heterocycles. The van der Waals surface area contributed by atoms with E-state index in [1.807, 2.05) is 45.0 Å². The van der Waals surface area contributed by atoms with Crippen LogP contribution < -0.4 is 5.73 Å². The molecule has 4 heteroatoms. The maximum atomic E-state index is 12.9. The summed E-state index contributed by atoms with van der Waals surface area (Å²) >= 11 is 0. The number of hydrogen-bond donors (Lipinski definition) is 1. The van der Waals surface area contributed by atoms with Crippen LogP contribution in [-0.4, -0.2) is 0 Å². The number of benzene rings is 2. The van der Waals surface area contributed by atoms with E-state index in [1.54, 1.807) is 0 Å². The van der Waals surface area contributed by atoms with Gasteiger partial charge in [0.25, 0.3) is 0 Å². The first kappa shape index (κ1) is 15.4. The summed E-state index contributed by atoms with van der Waals surface area (Å²) in [4.78, 5) is 0. The Morgan fingerprint density at radius 2 is 1.48 bits per heavy atom. The topological polar surface area (TPSA) is 26.0 Å². The van der Waals surface area contributed by atoms with Crippen molar-refractivity contribution in [2.24, 2.45) is 0 Å². The van der Waals surface area contributed by atoms with Crippen LogP contribution >= 0.6 is 0 Å². The number of halogens is 3. The van der Waals surface area contributed by atoms with E-state index in [0.29, 0.717) is 11.3 Å². The SMILES string of the molecule is CC(C)(C)c1ccccc1-c1cc(C(F)(F)F)ccc1N. The van der Waals surface area contributed by atoms with Crippen LogP contribution in [0, 0.1) is 0 Å². The average molecular weight is 293 g/mol. The highest BCUT2D eigenvalue weighted by Gasteiger charge is 2.31. The van der Waals surface area contributed by atoms with Crippen LogP contribution in [0.3, 0.4) is 0 Å². The fourth-order valence-corrected chi connectivity index (χ4v) is 2.34. The van der Waals surface area contributed by atoms with E-state index >= 15 is 0 Å². The molecule has 0 aliphatic heterocycles. The zero-order valence-electron chi connectivity index (χ0n) is 12.3. The summed E-state index contributed by atoms with van der Waals surface area (Å²) in [5.74, 6) is 0. The fourth-order valence-electron chi connectivity index (χ4n) is 2.34. The van der Waals surface area contributed by atoms with Crippen LogP contribution in [0.5, 0.6) is 0 Å². The van der Waals surface area contributed by atoms with E-state index in [1.165, 1.54) is 6.07 Å². The molecule has 0 bridgehead atoms. The molecule has 2 aromatic carbocycles. The normalized spacial score (nSPS) is 12.5. The van der Waals surface area contributed by atoms with Gasteiger partial charge >= 0.3 is 6.18 Å². The predicted molar refractivity (Wildman–Crippen MR) is 80.0 cm³/mol. The van der Waals surface area contributed by atoms with Gasteiger partial charge < -0.3 is 5.73 Å². The Balaban J connectivity index is 2.68. The van der Waals surface area contributed by atoms with Gasteiger partial charge in [0.1, 0.15) is 0 Å². The lowest BCUT2D eigenvalue weighted by Gasteiger charge is -2.24. The van der Waals surface area contributed by atoms with Gasteiger partial charge in [-0.1, -0.05) is 45.0 Å². The van der Waals surface area contributed by atoms with Gasteiger partial charge in [0.15, 0.2) is 0 Å². The van der Waals surface area contributed by atoms with Gasteiger partial charge in [-0.2, -0.15) is 13.2 Å². The molecule has 0 amide bonds. The van der Waals surface area contributed by atoms with Crippen LogP contribution in [0.4, 0.5) is 18.9 Å². The molecular weight excluding hydrogens is 275 g/mol. The maximum absolute atomic E-state index is 12.9. The third-order valence-electron chi connectivity index (χ3n) is 3.41. The molecule has 2 rings (SSSR count). The summed E-state index contributed by atoms with van der Waals surface area (Å²) in [6.45, 7) is 6.07. The number of rotatable bonds is 1. The van der Waals surface area contributed by atoms with Gasteiger partial charge in [0.05, 0.1) is 5.56 Å². The van der Waals surface area contributed by atoms with Gasteiger partial charge in [-0.3, -0.25) is 0 Å². The summed E-state index contributed by atoms with van der Waals surface area (Å²) in [6.07, 6.45) is -4.38. The Morgan fingerprint density at radius 3 is 2.05 bits per heavy atom. The Kier molecular flexibility index (Phi) is 3.74. The lowest BCUT2D eigenvalue weighted by Crippen LogP contribution is -2.13. The van der Waals surface area contributed by atoms with Crippen molar-refractivity contribution in [3.05, 3.63) is 53.6 Å². The van der Waals surface area contributed by atoms with Crippen molar-refractivity contribution in [2.75, 3.05) is 5.73 Å². The fraction of sp³-hybridized carbons (Fsp3) is 0.294. The zero-order chi connectivity index (χ0) is 15.8. The van der Waals surface area contributed by atoms with Crippen molar-refractivity contribution >= 4 is 5.69 Å². The van der Waals surface area contributed by atoms with Gasteiger partial charge in [0, 0.05) is 11.3 Å². The van der Waals surface area contributed by atoms with E-state index in [9.17, 15) is 13.2 Å². The minimum atomic E-state index is -4.38. The van der Waals surface area contributed by atoms with Crippen LogP contribution in [0.1, 0.15) is 31.9 Å². The molecule has 0 spiro atoms. The van der Waals surface area contributed by atoms with Gasteiger partial charge in [0.2, 0.25) is 0 Å². The summed E-state index contributed by atoms with van der Waals surface area (Å²) in [5.41, 5.74) is 7.53. The van der Waals surface area contributed by atoms with Crippen molar-refractivity contribution in [3.63, 3.8) is 0 Å². The molecule has 0 aliphatic carbocycles. The van der Waals surface area contributed by atoms with Crippen molar-refractivity contribution in [2.45, 2.75) is 32.4 Å². The third kappa shape index (κ3) is 3.20. The second kappa shape index (κ2) is 5.10. The minimum absolute atomic E-state index is 0.183. The summed E-state index contributed by atoms with van der Waals surface area (Å²) < 4.78 is 38.7. The monoisotopic (exact) mass is 293 g/mol. The first-order valence-electron chi connectivity index (χ1n) is 6.67. The Labute approximate surface area is 122 Å². The van der Waals surface area contributed by atoms with E-state index in [4.69, 9.17) is 5.73 Å². The highest BCUT2D eigenvalue weighted by atomic mass is 19.4. The standard InChI is InChI=1S/C17H18F3N/c1-16(2,3)14-7-5-4-6-12(14)13-10-11(17(18,19)20)8-9-15(13)21/h4-10H,21H2,1-3H3. The molecule has 0 radical (unpaired) electrons. The predicted octanol–water partition coefficient (Wildman–Crippen LogP) is 5.25. The highest BCUT2D eigenvalue weighted by molar-refractivity contribution is 5.80. The Bertz CT molecular complexity index is 652. The first-order chi connectivity index (χ1) is 9.60. The van der Waals surface area contributed by atoms with Crippen molar-refractivity contribution < 1.29 is 13.2 Å². The van der Waals surface area contributed by atoms with Crippen LogP contribution in [0.2, 0.25) is 0 Å². The average Bonchev–Trinajstić information content (AvgIpc) is 2.37. The summed E-state index contributed by atoms with van der Waals surface area (Å²) in [6, 6.07) is 10.9. The van der Waals surface area contributed by atoms with Gasteiger partial charge in [-0.25, -0.2) is 0 Å². The van der Waals surface area contributed by atoms with Crippen molar-refractivity contribution in [3.8, 4) is 11.1 Å². The molecule has 0 unspecified atom stereocenters. The molecule has 0 saturated carbocycles. The van der Waals surface area contributed by atoms with Gasteiger partial charge in [-0.05, 0) is 34.7 Å². The number of alkyl halides is 3. The summed E-state index contributed by atoms with van der Waals surface area (Å²) in [5, 5.41) is 0. The smallest absolute Gasteiger partial charge is 0.398 e. The van der Waals surface area contributed by atoms with Crippen LogP contribution in [0.15, 0.2) is 42.5 Å². The number of nitrogen functional groups attached to an aromatic ring is 1. The molecule has 2 aromatic rings. The van der Waals surface area contributed by atoms with E-state index in [0.717, 1.165) is 23.3 Å². The van der Waals surface area contributed by atoms with E-state index < -0.39 is 11.7 Å². The first-order valence-corrected chi connectivity index (χ1v) is 6.67. The van der Waals surface area contributed by atoms with E-state index in [-0.39, 0.29) is 5.41 Å².